The minimum Gasteiger partial charge on any atom is -0.294 e. The lowest BCUT2D eigenvalue weighted by atomic mass is 9.88. The van der Waals surface area contributed by atoms with Crippen LogP contribution in [0.3, 0.4) is 0 Å². The molecule has 0 atom stereocenters. The van der Waals surface area contributed by atoms with Gasteiger partial charge in [-0.2, -0.15) is 0 Å². The molecule has 116 valence electrons. The number of carbonyl (C=O) groups is 1. The molecule has 3 rings (SSSR count). The van der Waals surface area contributed by atoms with Gasteiger partial charge in [-0.05, 0) is 11.1 Å². The van der Waals surface area contributed by atoms with Crippen LogP contribution in [0.4, 0.5) is 0 Å². The molecule has 0 fully saturated rings. The molecule has 0 unspecified atom stereocenters. The molecule has 2 aromatic rings. The maximum atomic E-state index is 13.1. The zero-order valence-corrected chi connectivity index (χ0v) is 13.5. The van der Waals surface area contributed by atoms with Gasteiger partial charge in [0.2, 0.25) is 5.91 Å². The molecule has 0 saturated carbocycles. The number of benzene rings is 2. The van der Waals surface area contributed by atoms with Crippen LogP contribution in [0.15, 0.2) is 85.2 Å². The Hall–Kier alpha value is -2.61. The smallest absolute Gasteiger partial charge is 0.242 e. The van der Waals surface area contributed by atoms with Crippen molar-refractivity contribution in [1.82, 2.24) is 4.90 Å². The lowest BCUT2D eigenvalue weighted by molar-refractivity contribution is -0.127. The van der Waals surface area contributed by atoms with Crippen LogP contribution in [-0.4, -0.2) is 10.8 Å². The van der Waals surface area contributed by atoms with Gasteiger partial charge >= 0.3 is 0 Å². The Labute approximate surface area is 137 Å². The average Bonchev–Trinajstić information content (AvgIpc) is 2.57. The van der Waals surface area contributed by atoms with Crippen molar-refractivity contribution in [2.24, 2.45) is 5.41 Å². The Morgan fingerprint density at radius 2 is 1.26 bits per heavy atom. The summed E-state index contributed by atoms with van der Waals surface area (Å²) in [6.07, 6.45) is 7.86. The highest BCUT2D eigenvalue weighted by molar-refractivity contribution is 5.88. The van der Waals surface area contributed by atoms with Crippen molar-refractivity contribution in [3.8, 4) is 0 Å². The quantitative estimate of drug-likeness (QED) is 0.804. The fourth-order valence-electron chi connectivity index (χ4n) is 2.71. The molecule has 0 bridgehead atoms. The van der Waals surface area contributed by atoms with Crippen molar-refractivity contribution in [2.75, 3.05) is 0 Å². The second kappa shape index (κ2) is 6.25. The molecule has 1 amide bonds. The largest absolute Gasteiger partial charge is 0.294 e. The molecule has 23 heavy (non-hydrogen) atoms. The van der Waals surface area contributed by atoms with Gasteiger partial charge in [-0.1, -0.05) is 86.7 Å². The van der Waals surface area contributed by atoms with Gasteiger partial charge in [0.05, 0.1) is 5.92 Å². The third kappa shape index (κ3) is 3.42. The number of hydrogen-bond acceptors (Lipinski definition) is 1. The molecule has 0 N–H and O–H groups in total. The SMILES string of the molecule is CC1(C)C=CN(C(=O)C(c2ccccc2)c2ccccc2)C=C1. The summed E-state index contributed by atoms with van der Waals surface area (Å²) < 4.78 is 0. The van der Waals surface area contributed by atoms with Crippen LogP contribution in [0.25, 0.3) is 0 Å². The summed E-state index contributed by atoms with van der Waals surface area (Å²) >= 11 is 0. The summed E-state index contributed by atoms with van der Waals surface area (Å²) in [5, 5.41) is 0. The van der Waals surface area contributed by atoms with Crippen LogP contribution in [0.2, 0.25) is 0 Å². The van der Waals surface area contributed by atoms with Crippen molar-refractivity contribution in [3.05, 3.63) is 96.3 Å². The zero-order chi connectivity index (χ0) is 16.3. The Morgan fingerprint density at radius 3 is 1.70 bits per heavy atom. The molecule has 0 spiro atoms. The Balaban J connectivity index is 1.97. The van der Waals surface area contributed by atoms with Gasteiger partial charge in [-0.3, -0.25) is 9.69 Å². The average molecular weight is 303 g/mol. The first kappa shape index (κ1) is 15.3. The number of allylic oxidation sites excluding steroid dienone is 2. The first-order valence-electron chi connectivity index (χ1n) is 7.88. The van der Waals surface area contributed by atoms with E-state index in [4.69, 9.17) is 0 Å². The number of amides is 1. The van der Waals surface area contributed by atoms with E-state index in [0.29, 0.717) is 0 Å². The zero-order valence-electron chi connectivity index (χ0n) is 13.5. The normalized spacial score (nSPS) is 15.9. The summed E-state index contributed by atoms with van der Waals surface area (Å²) in [7, 11) is 0. The second-order valence-corrected chi connectivity index (χ2v) is 6.45. The molecule has 2 aromatic carbocycles. The minimum absolute atomic E-state index is 0.00816. The van der Waals surface area contributed by atoms with E-state index in [9.17, 15) is 4.79 Å². The van der Waals surface area contributed by atoms with Gasteiger partial charge in [0, 0.05) is 17.8 Å². The molecule has 1 heterocycles. The van der Waals surface area contributed by atoms with Gasteiger partial charge in [0.25, 0.3) is 0 Å². The van der Waals surface area contributed by atoms with Gasteiger partial charge in [-0.15, -0.1) is 0 Å². The first-order valence-corrected chi connectivity index (χ1v) is 7.88. The molecule has 1 aliphatic rings. The molecule has 2 heteroatoms. The molecule has 0 aliphatic carbocycles. The molecule has 1 aliphatic heterocycles. The summed E-state index contributed by atoms with van der Waals surface area (Å²) in [5.74, 6) is -0.238. The van der Waals surface area contributed by atoms with E-state index < -0.39 is 0 Å². The fourth-order valence-corrected chi connectivity index (χ4v) is 2.71. The number of hydrogen-bond donors (Lipinski definition) is 0. The van der Waals surface area contributed by atoms with Gasteiger partial charge < -0.3 is 0 Å². The van der Waals surface area contributed by atoms with E-state index in [1.807, 2.05) is 73.1 Å². The van der Waals surface area contributed by atoms with Gasteiger partial charge in [0.15, 0.2) is 0 Å². The van der Waals surface area contributed by atoms with Crippen LogP contribution in [0.5, 0.6) is 0 Å². The Bertz CT molecular complexity index is 673. The number of carbonyl (C=O) groups excluding carboxylic acids is 1. The van der Waals surface area contributed by atoms with Crippen LogP contribution in [0.1, 0.15) is 30.9 Å². The highest BCUT2D eigenvalue weighted by Gasteiger charge is 2.27. The summed E-state index contributed by atoms with van der Waals surface area (Å²) in [6.45, 7) is 4.24. The number of rotatable bonds is 3. The van der Waals surface area contributed by atoms with E-state index in [1.54, 1.807) is 4.90 Å². The van der Waals surface area contributed by atoms with E-state index in [2.05, 4.69) is 26.0 Å². The molecular formula is C21H21NO. The standard InChI is InChI=1S/C21H21NO/c1-21(2)13-15-22(16-14-21)20(23)19(17-9-5-3-6-10-17)18-11-7-4-8-12-18/h3-16,19H,1-2H3. The van der Waals surface area contributed by atoms with Crippen molar-refractivity contribution in [2.45, 2.75) is 19.8 Å². The highest BCUT2D eigenvalue weighted by Crippen LogP contribution is 2.30. The predicted octanol–water partition coefficient (Wildman–Crippen LogP) is 4.71. The van der Waals surface area contributed by atoms with Gasteiger partial charge in [0.1, 0.15) is 0 Å². The van der Waals surface area contributed by atoms with E-state index in [-0.39, 0.29) is 17.2 Å². The van der Waals surface area contributed by atoms with Crippen LogP contribution in [0, 0.1) is 5.41 Å². The summed E-state index contributed by atoms with van der Waals surface area (Å²) in [4.78, 5) is 14.8. The molecule has 0 radical (unpaired) electrons. The molecular weight excluding hydrogens is 282 g/mol. The highest BCUT2D eigenvalue weighted by atomic mass is 16.2. The van der Waals surface area contributed by atoms with E-state index >= 15 is 0 Å². The topological polar surface area (TPSA) is 20.3 Å². The van der Waals surface area contributed by atoms with Crippen LogP contribution >= 0.6 is 0 Å². The maximum Gasteiger partial charge on any atom is 0.242 e. The van der Waals surface area contributed by atoms with Crippen molar-refractivity contribution in [3.63, 3.8) is 0 Å². The lowest BCUT2D eigenvalue weighted by Crippen LogP contribution is -2.30. The van der Waals surface area contributed by atoms with Crippen LogP contribution < -0.4 is 0 Å². The molecule has 0 saturated heterocycles. The maximum absolute atomic E-state index is 13.1. The predicted molar refractivity (Wildman–Crippen MR) is 93.6 cm³/mol. The second-order valence-electron chi connectivity index (χ2n) is 6.45. The summed E-state index contributed by atoms with van der Waals surface area (Å²) in [6, 6.07) is 19.9. The van der Waals surface area contributed by atoms with Crippen molar-refractivity contribution < 1.29 is 4.79 Å². The number of nitrogens with zero attached hydrogens (tertiary/aromatic N) is 1. The summed E-state index contributed by atoms with van der Waals surface area (Å²) in [5.41, 5.74) is 2.01. The molecule has 2 nitrogen and oxygen atoms in total. The Morgan fingerprint density at radius 1 is 0.826 bits per heavy atom. The first-order chi connectivity index (χ1) is 11.1. The van der Waals surface area contributed by atoms with E-state index in [0.717, 1.165) is 11.1 Å². The van der Waals surface area contributed by atoms with Gasteiger partial charge in [-0.25, -0.2) is 0 Å². The van der Waals surface area contributed by atoms with Crippen LogP contribution in [-0.2, 0) is 4.79 Å². The van der Waals surface area contributed by atoms with Crippen molar-refractivity contribution in [1.29, 1.82) is 0 Å². The third-order valence-electron chi connectivity index (χ3n) is 4.10. The fraction of sp³-hybridized carbons (Fsp3) is 0.190. The third-order valence-corrected chi connectivity index (χ3v) is 4.10. The Kier molecular flexibility index (Phi) is 4.16. The van der Waals surface area contributed by atoms with Crippen molar-refractivity contribution >= 4 is 5.91 Å². The van der Waals surface area contributed by atoms with E-state index in [1.165, 1.54) is 0 Å². The monoisotopic (exact) mass is 303 g/mol. The lowest BCUT2D eigenvalue weighted by Gasteiger charge is -2.28. The minimum atomic E-state index is -0.298. The molecule has 0 aromatic heterocycles.